The summed E-state index contributed by atoms with van der Waals surface area (Å²) in [6, 6.07) is 11.2. The number of halogens is 1. The molecule has 238 valence electrons. The lowest BCUT2D eigenvalue weighted by Crippen LogP contribution is -2.47. The molecule has 46 heavy (non-hydrogen) atoms. The molecule has 3 aliphatic rings. The number of nitrogens with one attached hydrogen (secondary N) is 1. The van der Waals surface area contributed by atoms with Crippen LogP contribution in [0.2, 0.25) is 0 Å². The van der Waals surface area contributed by atoms with Crippen molar-refractivity contribution in [1.29, 1.82) is 0 Å². The van der Waals surface area contributed by atoms with Crippen molar-refractivity contribution in [2.75, 3.05) is 16.8 Å². The van der Waals surface area contributed by atoms with E-state index in [0.717, 1.165) is 36.3 Å². The number of alkyl halides is 1. The molecule has 0 spiro atoms. The number of hydrogen-bond donors (Lipinski definition) is 2. The summed E-state index contributed by atoms with van der Waals surface area (Å²) in [7, 11) is 0. The number of carbonyl (C=O) groups excluding carboxylic acids is 3. The van der Waals surface area contributed by atoms with Gasteiger partial charge in [-0.15, -0.1) is 0 Å². The van der Waals surface area contributed by atoms with Gasteiger partial charge in [-0.05, 0) is 74.3 Å². The summed E-state index contributed by atoms with van der Waals surface area (Å²) in [5, 5.41) is 15.5. The lowest BCUT2D eigenvalue weighted by atomic mass is 9.78. The van der Waals surface area contributed by atoms with Crippen LogP contribution in [0.3, 0.4) is 0 Å². The Kier molecular flexibility index (Phi) is 8.18. The smallest absolute Gasteiger partial charge is 0.269 e. The molecule has 4 aromatic rings. The van der Waals surface area contributed by atoms with Crippen molar-refractivity contribution in [3.8, 4) is 11.1 Å². The predicted octanol–water partition coefficient (Wildman–Crippen LogP) is 4.72. The summed E-state index contributed by atoms with van der Waals surface area (Å²) in [4.78, 5) is 46.6. The van der Waals surface area contributed by atoms with Crippen LogP contribution < -0.4 is 16.0 Å². The van der Waals surface area contributed by atoms with E-state index in [1.54, 1.807) is 42.9 Å². The highest BCUT2D eigenvalue weighted by Crippen LogP contribution is 2.39. The third-order valence-corrected chi connectivity index (χ3v) is 10.0. The lowest BCUT2D eigenvalue weighted by Gasteiger charge is -2.44. The van der Waals surface area contributed by atoms with Crippen LogP contribution >= 0.6 is 0 Å². The minimum absolute atomic E-state index is 0.0255. The van der Waals surface area contributed by atoms with Crippen LogP contribution in [-0.2, 0) is 16.1 Å². The molecule has 2 saturated carbocycles. The molecule has 0 bridgehead atoms. The van der Waals surface area contributed by atoms with E-state index in [1.165, 1.54) is 30.4 Å². The predicted molar refractivity (Wildman–Crippen MR) is 171 cm³/mol. The van der Waals surface area contributed by atoms with Crippen molar-refractivity contribution in [1.82, 2.24) is 25.0 Å². The van der Waals surface area contributed by atoms with Crippen molar-refractivity contribution >= 4 is 40.0 Å². The van der Waals surface area contributed by atoms with Gasteiger partial charge in [0.05, 0.1) is 23.8 Å². The largest absolute Gasteiger partial charge is 0.364 e. The second kappa shape index (κ2) is 12.6. The Labute approximate surface area is 265 Å². The van der Waals surface area contributed by atoms with E-state index >= 15 is 0 Å². The molecule has 1 aliphatic heterocycles. The van der Waals surface area contributed by atoms with Gasteiger partial charge >= 0.3 is 0 Å². The maximum absolute atomic E-state index is 14.8. The molecular weight excluding hydrogens is 587 g/mol. The van der Waals surface area contributed by atoms with Crippen molar-refractivity contribution in [3.63, 3.8) is 0 Å². The zero-order valence-electron chi connectivity index (χ0n) is 25.5. The molecule has 3 fully saturated rings. The Bertz CT molecular complexity index is 1780. The van der Waals surface area contributed by atoms with Gasteiger partial charge in [0.2, 0.25) is 5.91 Å². The first kappa shape index (κ1) is 29.9. The molecular formula is C34H37FN8O3. The molecule has 1 aromatic carbocycles. The summed E-state index contributed by atoms with van der Waals surface area (Å²) in [5.74, 6) is -1.58. The first-order chi connectivity index (χ1) is 22.4. The molecule has 12 heteroatoms. The van der Waals surface area contributed by atoms with Crippen molar-refractivity contribution in [2.24, 2.45) is 23.5 Å². The Morgan fingerprint density at radius 2 is 1.76 bits per heavy atom. The number of fused-ring (bicyclic) bond motifs is 2. The number of benzene rings is 1. The third-order valence-electron chi connectivity index (χ3n) is 10.0. The van der Waals surface area contributed by atoms with Crippen molar-refractivity contribution < 1.29 is 18.8 Å². The highest BCUT2D eigenvalue weighted by molar-refractivity contribution is 6.05. The Balaban J connectivity index is 1.08. The summed E-state index contributed by atoms with van der Waals surface area (Å²) >= 11 is 0. The number of rotatable bonds is 8. The summed E-state index contributed by atoms with van der Waals surface area (Å²) in [6.07, 6.45) is 10.8. The quantitative estimate of drug-likeness (QED) is 0.286. The average Bonchev–Trinajstić information content (AvgIpc) is 3.65. The SMILES string of the molecule is NC(=O)c1nn(CC(=O)C2CC(F)CC2C(=O)Nc2ccnc(N3CCCC4CCCCC43)c2)c2ccc(-c3ccnnc3)cc12. The van der Waals surface area contributed by atoms with Gasteiger partial charge in [0.25, 0.3) is 5.91 Å². The second-order valence-electron chi connectivity index (χ2n) is 12.8. The van der Waals surface area contributed by atoms with Crippen molar-refractivity contribution in [3.05, 3.63) is 60.7 Å². The maximum atomic E-state index is 14.8. The van der Waals surface area contributed by atoms with Crippen LogP contribution in [0.15, 0.2) is 55.0 Å². The molecule has 7 rings (SSSR count). The number of carbonyl (C=O) groups is 3. The third kappa shape index (κ3) is 5.83. The van der Waals surface area contributed by atoms with E-state index in [-0.39, 0.29) is 36.8 Å². The Morgan fingerprint density at radius 1 is 0.935 bits per heavy atom. The van der Waals surface area contributed by atoms with Gasteiger partial charge in [-0.25, -0.2) is 9.37 Å². The minimum Gasteiger partial charge on any atom is -0.364 e. The molecule has 0 radical (unpaired) electrons. The molecule has 2 aliphatic carbocycles. The number of aromatic nitrogens is 5. The topological polar surface area (TPSA) is 149 Å². The first-order valence-corrected chi connectivity index (χ1v) is 16.1. The number of primary amides is 1. The number of Topliss-reactive ketones (excluding diaryl/α,β-unsaturated/α-hetero) is 1. The molecule has 3 N–H and O–H groups in total. The van der Waals surface area contributed by atoms with Crippen LogP contribution in [0.4, 0.5) is 15.9 Å². The van der Waals surface area contributed by atoms with Gasteiger partial charge in [0.15, 0.2) is 11.5 Å². The molecule has 3 aromatic heterocycles. The van der Waals surface area contributed by atoms with Gasteiger partial charge in [-0.3, -0.25) is 19.1 Å². The molecule has 5 atom stereocenters. The van der Waals surface area contributed by atoms with Gasteiger partial charge in [-0.1, -0.05) is 18.9 Å². The zero-order chi connectivity index (χ0) is 31.8. The molecule has 11 nitrogen and oxygen atoms in total. The van der Waals surface area contributed by atoms with E-state index in [1.807, 2.05) is 12.1 Å². The summed E-state index contributed by atoms with van der Waals surface area (Å²) in [5.41, 5.74) is 8.37. The number of hydrogen-bond acceptors (Lipinski definition) is 8. The van der Waals surface area contributed by atoms with Gasteiger partial charge in [0, 0.05) is 47.4 Å². The fourth-order valence-corrected chi connectivity index (χ4v) is 7.81. The maximum Gasteiger partial charge on any atom is 0.269 e. The van der Waals surface area contributed by atoms with Gasteiger partial charge in [0.1, 0.15) is 18.5 Å². The van der Waals surface area contributed by atoms with Gasteiger partial charge in [-0.2, -0.15) is 15.3 Å². The van der Waals surface area contributed by atoms with Crippen molar-refractivity contribution in [2.45, 2.75) is 70.1 Å². The standard InChI is InChI=1S/C34H37FN8O3/c35-23-15-25(30(44)19-43-29-8-7-21(22-9-12-38-39-18-22)14-27(29)32(41-43)33(36)45)26(16-23)34(46)40-24-10-11-37-31(17-24)42-13-3-5-20-4-1-2-6-28(20)42/h7-12,14,17-18,20,23,25-26,28H,1-6,13,15-16,19H2,(H2,36,45)(H,37,40,46). The monoisotopic (exact) mass is 624 g/mol. The molecule has 2 amide bonds. The van der Waals surface area contributed by atoms with Crippen LogP contribution in [0, 0.1) is 17.8 Å². The van der Waals surface area contributed by atoms with Crippen LogP contribution in [0.25, 0.3) is 22.0 Å². The number of anilines is 2. The summed E-state index contributed by atoms with van der Waals surface area (Å²) in [6.45, 7) is 0.716. The highest BCUT2D eigenvalue weighted by Gasteiger charge is 2.43. The number of amides is 2. The van der Waals surface area contributed by atoms with E-state index in [4.69, 9.17) is 5.73 Å². The molecule has 4 heterocycles. The Morgan fingerprint density at radius 3 is 2.59 bits per heavy atom. The normalized spacial score (nSPS) is 24.5. The molecule has 1 saturated heterocycles. The number of ketones is 1. The van der Waals surface area contributed by atoms with E-state index in [9.17, 15) is 18.8 Å². The zero-order valence-corrected chi connectivity index (χ0v) is 25.5. The number of nitrogens with zero attached hydrogens (tertiary/aromatic N) is 6. The second-order valence-corrected chi connectivity index (χ2v) is 12.8. The lowest BCUT2D eigenvalue weighted by molar-refractivity contribution is -0.130. The van der Waals surface area contributed by atoms with E-state index < -0.39 is 23.9 Å². The van der Waals surface area contributed by atoms with Gasteiger partial charge < -0.3 is 16.0 Å². The fraction of sp³-hybridized carbons (Fsp3) is 0.441. The average molecular weight is 625 g/mol. The number of nitrogens with two attached hydrogens (primary N) is 1. The number of piperidine rings is 1. The minimum atomic E-state index is -1.28. The van der Waals surface area contributed by atoms with E-state index in [2.05, 4.69) is 30.5 Å². The molecule has 5 unspecified atom stereocenters. The highest BCUT2D eigenvalue weighted by atomic mass is 19.1. The van der Waals surface area contributed by atoms with Crippen LogP contribution in [0.1, 0.15) is 61.9 Å². The Hall–Kier alpha value is -4.74. The van der Waals surface area contributed by atoms with Crippen LogP contribution in [-0.4, -0.2) is 61.3 Å². The number of pyridine rings is 1. The van der Waals surface area contributed by atoms with Crippen LogP contribution in [0.5, 0.6) is 0 Å². The van der Waals surface area contributed by atoms with E-state index in [0.29, 0.717) is 28.6 Å². The summed E-state index contributed by atoms with van der Waals surface area (Å²) < 4.78 is 16.2. The first-order valence-electron chi connectivity index (χ1n) is 16.1. The fourth-order valence-electron chi connectivity index (χ4n) is 7.81.